The maximum absolute atomic E-state index is 11.4. The third-order valence-electron chi connectivity index (χ3n) is 3.14. The van der Waals surface area contributed by atoms with Crippen LogP contribution in [0.3, 0.4) is 0 Å². The Morgan fingerprint density at radius 2 is 2.21 bits per heavy atom. The molecule has 0 aliphatic heterocycles. The highest BCUT2D eigenvalue weighted by atomic mass is 35.5. The fourth-order valence-electron chi connectivity index (χ4n) is 2.10. The van der Waals surface area contributed by atoms with Crippen LogP contribution in [0.2, 0.25) is 0 Å². The highest BCUT2D eigenvalue weighted by Gasteiger charge is 2.75. The minimum absolute atomic E-state index is 0.00821. The molecule has 1 heterocycles. The van der Waals surface area contributed by atoms with E-state index in [0.29, 0.717) is 6.42 Å². The molecular weight excluding hydrogens is 227 g/mol. The molecule has 2 rings (SSSR count). The highest BCUT2D eigenvalue weighted by molar-refractivity contribution is 6.52. The van der Waals surface area contributed by atoms with Gasteiger partial charge in [-0.2, -0.15) is 4.68 Å². The number of tetrazole rings is 1. The number of hydrogen-bond donors (Lipinski definition) is 1. The Morgan fingerprint density at radius 1 is 1.64 bits per heavy atom. The Balaban J connectivity index is 2.53. The lowest BCUT2D eigenvalue weighted by Crippen LogP contribution is -2.34. The summed E-state index contributed by atoms with van der Waals surface area (Å²) in [6.07, 6.45) is 0.646. The largest absolute Gasteiger partial charge is 0.361 e. The van der Waals surface area contributed by atoms with Crippen LogP contribution < -0.4 is 5.69 Å². The summed E-state index contributed by atoms with van der Waals surface area (Å²) in [6, 6.07) is 0. The average Bonchev–Trinajstić information content (AvgIpc) is 2.51. The third-order valence-corrected chi connectivity index (χ3v) is 4.45. The van der Waals surface area contributed by atoms with Crippen LogP contribution in [0.1, 0.15) is 20.3 Å². The molecule has 0 spiro atoms. The van der Waals surface area contributed by atoms with Gasteiger partial charge in [-0.3, -0.25) is 0 Å². The molecule has 1 aromatic rings. The molecule has 0 bridgehead atoms. The molecule has 0 aromatic carbocycles. The van der Waals surface area contributed by atoms with Gasteiger partial charge in [-0.1, -0.05) is 37.0 Å². The van der Waals surface area contributed by atoms with Crippen molar-refractivity contribution in [3.63, 3.8) is 0 Å². The van der Waals surface area contributed by atoms with Gasteiger partial charge in [-0.15, -0.1) is 0 Å². The van der Waals surface area contributed by atoms with Gasteiger partial charge in [0.1, 0.15) is 9.87 Å². The first-order chi connectivity index (χ1) is 6.48. The van der Waals surface area contributed by atoms with E-state index in [1.807, 2.05) is 13.8 Å². The molecule has 1 aliphatic carbocycles. The van der Waals surface area contributed by atoms with Crippen molar-refractivity contribution in [3.8, 4) is 0 Å². The van der Waals surface area contributed by atoms with Crippen LogP contribution in [0.25, 0.3) is 0 Å². The van der Waals surface area contributed by atoms with Crippen LogP contribution in [0, 0.1) is 5.92 Å². The zero-order chi connectivity index (χ0) is 10.6. The van der Waals surface area contributed by atoms with Crippen molar-refractivity contribution >= 4 is 23.2 Å². The quantitative estimate of drug-likeness (QED) is 0.777. The molecule has 0 radical (unpaired) electrons. The van der Waals surface area contributed by atoms with E-state index in [9.17, 15) is 4.79 Å². The molecule has 1 aliphatic rings. The summed E-state index contributed by atoms with van der Waals surface area (Å²) in [4.78, 5) is 11.4. The summed E-state index contributed by atoms with van der Waals surface area (Å²) < 4.78 is 0.320. The van der Waals surface area contributed by atoms with Gasteiger partial charge in [0.05, 0.1) is 0 Å². The molecule has 5 nitrogen and oxygen atoms in total. The van der Waals surface area contributed by atoms with Crippen molar-refractivity contribution in [2.45, 2.75) is 30.1 Å². The van der Waals surface area contributed by atoms with Gasteiger partial charge in [-0.25, -0.2) is 9.89 Å². The van der Waals surface area contributed by atoms with E-state index in [4.69, 9.17) is 23.2 Å². The SMILES string of the molecule is CCC1(n2nn[nH]c2=O)C(C)C1(Cl)Cl. The van der Waals surface area contributed by atoms with E-state index >= 15 is 0 Å². The maximum Gasteiger partial charge on any atom is 0.361 e. The lowest BCUT2D eigenvalue weighted by molar-refractivity contribution is 0.365. The second kappa shape index (κ2) is 2.73. The number of nitrogens with zero attached hydrogens (tertiary/aromatic N) is 3. The van der Waals surface area contributed by atoms with Crippen molar-refractivity contribution in [1.29, 1.82) is 0 Å². The number of aromatic nitrogens is 4. The summed E-state index contributed by atoms with van der Waals surface area (Å²) in [5.41, 5.74) is -0.984. The van der Waals surface area contributed by atoms with E-state index in [1.54, 1.807) is 0 Å². The fourth-order valence-corrected chi connectivity index (χ4v) is 3.10. The van der Waals surface area contributed by atoms with Gasteiger partial charge < -0.3 is 0 Å². The zero-order valence-electron chi connectivity index (χ0n) is 7.79. The van der Waals surface area contributed by atoms with Gasteiger partial charge in [0.25, 0.3) is 0 Å². The van der Waals surface area contributed by atoms with Crippen LogP contribution in [0.15, 0.2) is 4.79 Å². The molecule has 1 N–H and O–H groups in total. The summed E-state index contributed by atoms with van der Waals surface area (Å²) in [6.45, 7) is 3.81. The molecule has 1 fully saturated rings. The Morgan fingerprint density at radius 3 is 2.50 bits per heavy atom. The molecule has 2 atom stereocenters. The van der Waals surface area contributed by atoms with Gasteiger partial charge in [0, 0.05) is 5.92 Å². The lowest BCUT2D eigenvalue weighted by Gasteiger charge is -2.13. The monoisotopic (exact) mass is 236 g/mol. The smallest absolute Gasteiger partial charge is 0.244 e. The third kappa shape index (κ3) is 0.892. The van der Waals surface area contributed by atoms with Crippen molar-refractivity contribution in [2.24, 2.45) is 5.92 Å². The van der Waals surface area contributed by atoms with Gasteiger partial charge in [0.2, 0.25) is 0 Å². The Kier molecular flexibility index (Phi) is 1.95. The summed E-state index contributed by atoms with van der Waals surface area (Å²) in [5, 5.41) is 9.37. The number of nitrogens with one attached hydrogen (secondary N) is 1. The van der Waals surface area contributed by atoms with E-state index in [-0.39, 0.29) is 11.6 Å². The van der Waals surface area contributed by atoms with Crippen LogP contribution >= 0.6 is 23.2 Å². The van der Waals surface area contributed by atoms with Crippen LogP contribution in [0.4, 0.5) is 0 Å². The van der Waals surface area contributed by atoms with Crippen molar-refractivity contribution in [2.75, 3.05) is 0 Å². The number of halogens is 2. The summed E-state index contributed by atoms with van der Waals surface area (Å²) >= 11 is 12.2. The van der Waals surface area contributed by atoms with Crippen LogP contribution in [-0.2, 0) is 5.54 Å². The first-order valence-electron chi connectivity index (χ1n) is 4.37. The number of rotatable bonds is 2. The Labute approximate surface area is 90.4 Å². The fraction of sp³-hybridized carbons (Fsp3) is 0.857. The molecule has 0 amide bonds. The van der Waals surface area contributed by atoms with Crippen molar-refractivity contribution in [3.05, 3.63) is 10.5 Å². The molecule has 7 heteroatoms. The van der Waals surface area contributed by atoms with Gasteiger partial charge in [0.15, 0.2) is 0 Å². The predicted octanol–water partition coefficient (Wildman–Crippen LogP) is 0.895. The first kappa shape index (κ1) is 9.98. The first-order valence-corrected chi connectivity index (χ1v) is 5.12. The standard InChI is InChI=1S/C7H10Cl2N4O/c1-3-6(4(2)7(6,8)9)13-5(14)10-11-12-13/h4H,3H2,1-2H3,(H,10,12,14). The number of aromatic amines is 1. The van der Waals surface area contributed by atoms with E-state index in [1.165, 1.54) is 4.68 Å². The van der Waals surface area contributed by atoms with Gasteiger partial charge in [-0.05, 0) is 16.8 Å². The minimum atomic E-state index is -0.928. The topological polar surface area (TPSA) is 63.6 Å². The molecule has 1 saturated carbocycles. The maximum atomic E-state index is 11.4. The minimum Gasteiger partial charge on any atom is -0.244 e. The van der Waals surface area contributed by atoms with E-state index < -0.39 is 9.87 Å². The molecule has 2 unspecified atom stereocenters. The molecule has 14 heavy (non-hydrogen) atoms. The van der Waals surface area contributed by atoms with E-state index in [0.717, 1.165) is 0 Å². The van der Waals surface area contributed by atoms with Crippen LogP contribution in [-0.4, -0.2) is 24.5 Å². The highest BCUT2D eigenvalue weighted by Crippen LogP contribution is 2.67. The second-order valence-corrected chi connectivity index (χ2v) is 4.93. The average molecular weight is 237 g/mol. The van der Waals surface area contributed by atoms with Crippen molar-refractivity contribution in [1.82, 2.24) is 20.2 Å². The predicted molar refractivity (Wildman–Crippen MR) is 52.5 cm³/mol. The Bertz CT molecular complexity index is 412. The van der Waals surface area contributed by atoms with Crippen molar-refractivity contribution < 1.29 is 0 Å². The second-order valence-electron chi connectivity index (χ2n) is 3.54. The Hall–Kier alpha value is -0.550. The van der Waals surface area contributed by atoms with E-state index in [2.05, 4.69) is 15.5 Å². The zero-order valence-corrected chi connectivity index (χ0v) is 9.30. The van der Waals surface area contributed by atoms with Gasteiger partial charge >= 0.3 is 5.69 Å². The molecular formula is C7H10Cl2N4O. The van der Waals surface area contributed by atoms with Crippen LogP contribution in [0.5, 0.6) is 0 Å². The summed E-state index contributed by atoms with van der Waals surface area (Å²) in [7, 11) is 0. The lowest BCUT2D eigenvalue weighted by atomic mass is 10.1. The number of hydrogen-bond acceptors (Lipinski definition) is 3. The normalized spacial score (nSPS) is 34.4. The molecule has 0 saturated heterocycles. The number of alkyl halides is 2. The molecule has 1 aromatic heterocycles. The summed E-state index contributed by atoms with van der Waals surface area (Å²) in [5.74, 6) is -0.00821. The number of H-pyrrole nitrogens is 1. The molecule has 78 valence electrons.